The largest absolute Gasteiger partial charge is 0.416 e. The molecule has 4 amide bonds. The first-order valence-electron chi connectivity index (χ1n) is 26.1. The van der Waals surface area contributed by atoms with Crippen LogP contribution in [0.1, 0.15) is 165 Å². The Morgan fingerprint density at radius 1 is 0.305 bits per heavy atom. The Morgan fingerprint density at radius 2 is 0.573 bits per heavy atom. The van der Waals surface area contributed by atoms with E-state index in [2.05, 4.69) is 0 Å². The lowest BCUT2D eigenvalue weighted by atomic mass is 9.77. The van der Waals surface area contributed by atoms with Crippen LogP contribution < -0.4 is 9.80 Å². The highest BCUT2D eigenvalue weighted by Gasteiger charge is 2.44. The van der Waals surface area contributed by atoms with Gasteiger partial charge in [-0.2, -0.15) is 52.7 Å². The molecule has 0 saturated heterocycles. The van der Waals surface area contributed by atoms with E-state index in [1.54, 1.807) is 36.4 Å². The third-order valence-electron chi connectivity index (χ3n) is 15.8. The van der Waals surface area contributed by atoms with E-state index < -0.39 is 104 Å². The molecule has 6 nitrogen and oxygen atoms in total. The molecule has 18 heteroatoms. The summed E-state index contributed by atoms with van der Waals surface area (Å²) in [6.07, 6.45) is -21.6. The van der Waals surface area contributed by atoms with Crippen LogP contribution in [0.3, 0.4) is 0 Å². The van der Waals surface area contributed by atoms with E-state index in [1.165, 1.54) is 24.3 Å². The minimum Gasteiger partial charge on any atom is -0.268 e. The SMILES string of the molecule is CC(C)c1cccc(C(C)C)c1N1C(=O)c2ccc3c4c(-c5cc(C(F)(F)F)cc(C(F)(F)F)c5)cc5c6c(ccc(c7c(-c8cc(C(F)(F)F)cc(C(F)(F)F)c8)cc(c2c37)C1=O)c64)C(=O)N(c1c(C(C)C)cccc1C(C)C)C5=O. The Morgan fingerprint density at radius 3 is 0.829 bits per heavy atom. The first-order valence-corrected chi connectivity index (χ1v) is 26.1. The number of halogens is 12. The Bertz CT molecular complexity index is 3890. The molecule has 0 saturated carbocycles. The van der Waals surface area contributed by atoms with Gasteiger partial charge in [0, 0.05) is 33.0 Å². The van der Waals surface area contributed by atoms with E-state index >= 15 is 19.2 Å². The van der Waals surface area contributed by atoms with Gasteiger partial charge in [-0.15, -0.1) is 0 Å². The highest BCUT2D eigenvalue weighted by atomic mass is 19.4. The maximum Gasteiger partial charge on any atom is 0.416 e. The molecule has 0 unspecified atom stereocenters. The number of amides is 4. The summed E-state index contributed by atoms with van der Waals surface area (Å²) in [7, 11) is 0. The molecule has 0 N–H and O–H groups in total. The number of para-hydroxylation sites is 2. The molecule has 0 aliphatic carbocycles. The molecule has 2 aliphatic heterocycles. The fraction of sp³-hybridized carbons (Fsp3) is 0.250. The molecule has 9 aromatic rings. The number of fused-ring (bicyclic) bond motifs is 2. The second kappa shape index (κ2) is 18.6. The summed E-state index contributed by atoms with van der Waals surface area (Å²) in [5.41, 5.74) is -8.09. The summed E-state index contributed by atoms with van der Waals surface area (Å²) in [4.78, 5) is 63.9. The molecular weight excluding hydrogens is 1090 g/mol. The van der Waals surface area contributed by atoms with Gasteiger partial charge in [-0.1, -0.05) is 104 Å². The van der Waals surface area contributed by atoms with Gasteiger partial charge in [-0.05, 0) is 161 Å². The van der Waals surface area contributed by atoms with E-state index in [-0.39, 0.29) is 101 Å². The number of carbonyl (C=O) groups excluding carboxylic acids is 4. The summed E-state index contributed by atoms with van der Waals surface area (Å²) in [5, 5.41) is -1.53. The van der Waals surface area contributed by atoms with Gasteiger partial charge < -0.3 is 0 Å². The van der Waals surface area contributed by atoms with E-state index in [0.717, 1.165) is 21.9 Å². The molecule has 0 bridgehead atoms. The van der Waals surface area contributed by atoms with Gasteiger partial charge in [0.15, 0.2) is 0 Å². The van der Waals surface area contributed by atoms with Crippen molar-refractivity contribution in [3.63, 3.8) is 0 Å². The van der Waals surface area contributed by atoms with Gasteiger partial charge in [0.05, 0.1) is 33.6 Å². The van der Waals surface area contributed by atoms with Crippen LogP contribution in [0.5, 0.6) is 0 Å². The molecule has 0 atom stereocenters. The molecular formula is C64H46F12N2O4. The molecule has 0 radical (unpaired) electrons. The van der Waals surface area contributed by atoms with E-state index in [1.807, 2.05) is 55.4 Å². The van der Waals surface area contributed by atoms with E-state index in [0.29, 0.717) is 46.5 Å². The van der Waals surface area contributed by atoms with Crippen molar-refractivity contribution in [3.8, 4) is 22.3 Å². The monoisotopic (exact) mass is 1130 g/mol. The van der Waals surface area contributed by atoms with Crippen LogP contribution in [0, 0.1) is 0 Å². The molecule has 2 aliphatic rings. The summed E-state index contributed by atoms with van der Waals surface area (Å²) < 4.78 is 179. The molecule has 11 rings (SSSR count). The van der Waals surface area contributed by atoms with E-state index in [9.17, 15) is 52.7 Å². The number of alkyl halides is 12. The third kappa shape index (κ3) is 8.48. The quantitative estimate of drug-likeness (QED) is 0.0658. The first-order chi connectivity index (χ1) is 38.2. The number of carbonyl (C=O) groups is 4. The number of hydrogen-bond donors (Lipinski definition) is 0. The number of hydrogen-bond acceptors (Lipinski definition) is 4. The van der Waals surface area contributed by atoms with Crippen LogP contribution in [0.4, 0.5) is 64.1 Å². The maximum atomic E-state index is 15.7. The van der Waals surface area contributed by atoms with Gasteiger partial charge in [-0.25, -0.2) is 9.80 Å². The summed E-state index contributed by atoms with van der Waals surface area (Å²) in [5.74, 6) is -5.22. The lowest BCUT2D eigenvalue weighted by molar-refractivity contribution is -0.144. The molecule has 2 heterocycles. The standard InChI is InChI=1S/C64H46F12N2O4/c1-27(2)37-11-9-12-38(28(3)4)55(37)77-57(79)43-17-15-41-50-46(32-21-35(63(71,72)73)24-36(22-32)64(74,75)76)26-48-52-44(58(80)78(60(48)82)56-39(29(5)6)13-10-14-40(56)30(7)8)18-16-42(54(50)52)49-45(25-47(59(77)81)51(43)53(41)49)31-19-33(61(65,66)67)23-34(20-31)62(68,69)70/h9-30H,1-8H3. The summed E-state index contributed by atoms with van der Waals surface area (Å²) in [6.45, 7) is 14.5. The number of anilines is 2. The Hall–Kier alpha value is -8.28. The summed E-state index contributed by atoms with van der Waals surface area (Å²) >= 11 is 0. The Balaban J connectivity index is 1.38. The molecule has 0 spiro atoms. The Labute approximate surface area is 460 Å². The molecule has 9 aromatic carbocycles. The minimum absolute atomic E-state index is 0.0896. The van der Waals surface area contributed by atoms with Gasteiger partial charge in [0.1, 0.15) is 0 Å². The van der Waals surface area contributed by atoms with E-state index in [4.69, 9.17) is 0 Å². The number of imide groups is 2. The average molecular weight is 1140 g/mol. The molecule has 420 valence electrons. The van der Waals surface area contributed by atoms with Crippen molar-refractivity contribution in [1.29, 1.82) is 0 Å². The fourth-order valence-electron chi connectivity index (χ4n) is 12.1. The van der Waals surface area contributed by atoms with Crippen molar-refractivity contribution < 1.29 is 71.9 Å². The van der Waals surface area contributed by atoms with Gasteiger partial charge in [0.25, 0.3) is 23.6 Å². The predicted molar refractivity (Wildman–Crippen MR) is 290 cm³/mol. The molecule has 0 fully saturated rings. The van der Waals surface area contributed by atoms with Crippen LogP contribution in [-0.4, -0.2) is 23.6 Å². The van der Waals surface area contributed by atoms with Gasteiger partial charge >= 0.3 is 24.7 Å². The zero-order valence-electron chi connectivity index (χ0n) is 44.8. The van der Waals surface area contributed by atoms with Crippen molar-refractivity contribution in [2.45, 2.75) is 104 Å². The van der Waals surface area contributed by atoms with Crippen molar-refractivity contribution in [1.82, 2.24) is 0 Å². The highest BCUT2D eigenvalue weighted by Crippen LogP contribution is 2.55. The van der Waals surface area contributed by atoms with Gasteiger partial charge in [-0.3, -0.25) is 19.2 Å². The Kier molecular flexibility index (Phi) is 12.6. The van der Waals surface area contributed by atoms with Crippen LogP contribution in [0.2, 0.25) is 0 Å². The second-order valence-electron chi connectivity index (χ2n) is 22.2. The molecule has 0 aromatic heterocycles. The third-order valence-corrected chi connectivity index (χ3v) is 15.8. The van der Waals surface area contributed by atoms with Crippen LogP contribution in [0.15, 0.2) is 109 Å². The van der Waals surface area contributed by atoms with Crippen molar-refractivity contribution >= 4 is 78.1 Å². The number of benzene rings is 9. The lowest BCUT2D eigenvalue weighted by Gasteiger charge is -2.34. The minimum atomic E-state index is -5.40. The number of nitrogens with zero attached hydrogens (tertiary/aromatic N) is 2. The number of rotatable bonds is 8. The van der Waals surface area contributed by atoms with Crippen LogP contribution in [0.25, 0.3) is 65.3 Å². The highest BCUT2D eigenvalue weighted by molar-refractivity contribution is 6.48. The van der Waals surface area contributed by atoms with Crippen molar-refractivity contribution in [3.05, 3.63) is 176 Å². The van der Waals surface area contributed by atoms with Crippen molar-refractivity contribution in [2.75, 3.05) is 9.80 Å². The maximum absolute atomic E-state index is 15.7. The van der Waals surface area contributed by atoms with Crippen molar-refractivity contribution in [2.24, 2.45) is 0 Å². The average Bonchev–Trinajstić information content (AvgIpc) is 2.24. The lowest BCUT2D eigenvalue weighted by Crippen LogP contribution is -2.42. The zero-order chi connectivity index (χ0) is 59.5. The predicted octanol–water partition coefficient (Wildman–Crippen LogP) is 19.2. The molecule has 82 heavy (non-hydrogen) atoms. The normalized spacial score (nSPS) is 14.6. The van der Waals surface area contributed by atoms with Crippen LogP contribution >= 0.6 is 0 Å². The van der Waals surface area contributed by atoms with Crippen LogP contribution in [-0.2, 0) is 24.7 Å². The fourth-order valence-corrected chi connectivity index (χ4v) is 12.1. The zero-order valence-corrected chi connectivity index (χ0v) is 44.8. The topological polar surface area (TPSA) is 74.8 Å². The first kappa shape index (κ1) is 55.6. The summed E-state index contributed by atoms with van der Waals surface area (Å²) in [6, 6.07) is 19.1. The van der Waals surface area contributed by atoms with Gasteiger partial charge in [0.2, 0.25) is 0 Å². The smallest absolute Gasteiger partial charge is 0.268 e. The second-order valence-corrected chi connectivity index (χ2v) is 22.2.